The molecule has 0 bridgehead atoms. The molecule has 0 spiro atoms. The lowest BCUT2D eigenvalue weighted by molar-refractivity contribution is -0.146. The number of thiophene rings is 1. The lowest BCUT2D eigenvalue weighted by Gasteiger charge is -2.19. The summed E-state index contributed by atoms with van der Waals surface area (Å²) in [6.07, 6.45) is -0.506. The third kappa shape index (κ3) is 4.55. The van der Waals surface area contributed by atoms with Gasteiger partial charge in [-0.3, -0.25) is 9.59 Å². The van der Waals surface area contributed by atoms with Crippen molar-refractivity contribution in [3.05, 3.63) is 94.2 Å². The molecule has 4 nitrogen and oxygen atoms in total. The van der Waals surface area contributed by atoms with Crippen LogP contribution in [0.3, 0.4) is 0 Å². The van der Waals surface area contributed by atoms with Crippen molar-refractivity contribution in [2.75, 3.05) is 6.54 Å². The molecule has 1 aromatic heterocycles. The Hall–Kier alpha value is -2.92. The zero-order valence-electron chi connectivity index (χ0n) is 13.4. The SMILES string of the molecule is O=C(CNC(=O)c1cccs1)OC(c1ccccc1)c1ccccc1. The average molecular weight is 351 g/mol. The molecule has 0 aliphatic carbocycles. The van der Waals surface area contributed by atoms with Crippen LogP contribution >= 0.6 is 11.3 Å². The molecule has 0 aliphatic heterocycles. The van der Waals surface area contributed by atoms with Crippen molar-refractivity contribution in [3.63, 3.8) is 0 Å². The molecule has 2 aromatic carbocycles. The molecule has 0 saturated carbocycles. The van der Waals surface area contributed by atoms with E-state index >= 15 is 0 Å². The molecule has 3 aromatic rings. The Morgan fingerprint density at radius 3 is 2.00 bits per heavy atom. The van der Waals surface area contributed by atoms with E-state index < -0.39 is 12.1 Å². The van der Waals surface area contributed by atoms with Crippen molar-refractivity contribution in [1.82, 2.24) is 5.32 Å². The highest BCUT2D eigenvalue weighted by Crippen LogP contribution is 2.25. The Balaban J connectivity index is 1.68. The smallest absolute Gasteiger partial charge is 0.326 e. The van der Waals surface area contributed by atoms with E-state index in [1.807, 2.05) is 66.0 Å². The number of ether oxygens (including phenoxy) is 1. The zero-order valence-corrected chi connectivity index (χ0v) is 14.2. The van der Waals surface area contributed by atoms with Crippen LogP contribution in [0, 0.1) is 0 Å². The molecule has 126 valence electrons. The summed E-state index contributed by atoms with van der Waals surface area (Å²) in [5, 5.41) is 4.40. The van der Waals surface area contributed by atoms with Gasteiger partial charge in [-0.05, 0) is 22.6 Å². The van der Waals surface area contributed by atoms with Crippen molar-refractivity contribution >= 4 is 23.2 Å². The second-order valence-corrected chi connectivity index (χ2v) is 6.30. The van der Waals surface area contributed by atoms with Gasteiger partial charge in [-0.15, -0.1) is 11.3 Å². The van der Waals surface area contributed by atoms with E-state index in [1.165, 1.54) is 11.3 Å². The number of rotatable bonds is 6. The zero-order chi connectivity index (χ0) is 17.5. The Morgan fingerprint density at radius 1 is 0.880 bits per heavy atom. The van der Waals surface area contributed by atoms with Crippen LogP contribution in [-0.2, 0) is 9.53 Å². The topological polar surface area (TPSA) is 55.4 Å². The maximum Gasteiger partial charge on any atom is 0.326 e. The van der Waals surface area contributed by atoms with Crippen molar-refractivity contribution in [2.45, 2.75) is 6.10 Å². The number of hydrogen-bond donors (Lipinski definition) is 1. The first kappa shape index (κ1) is 16.9. The Morgan fingerprint density at radius 2 is 1.48 bits per heavy atom. The lowest BCUT2D eigenvalue weighted by Crippen LogP contribution is -2.31. The highest BCUT2D eigenvalue weighted by molar-refractivity contribution is 7.12. The van der Waals surface area contributed by atoms with Crippen LogP contribution in [-0.4, -0.2) is 18.4 Å². The van der Waals surface area contributed by atoms with E-state index in [1.54, 1.807) is 12.1 Å². The third-order valence-corrected chi connectivity index (χ3v) is 4.46. The molecular formula is C20H17NO3S. The van der Waals surface area contributed by atoms with E-state index in [0.29, 0.717) is 4.88 Å². The van der Waals surface area contributed by atoms with Gasteiger partial charge in [0, 0.05) is 0 Å². The van der Waals surface area contributed by atoms with Crippen LogP contribution in [0.2, 0.25) is 0 Å². The maximum atomic E-state index is 12.2. The van der Waals surface area contributed by atoms with E-state index in [-0.39, 0.29) is 12.5 Å². The third-order valence-electron chi connectivity index (χ3n) is 3.59. The molecule has 25 heavy (non-hydrogen) atoms. The van der Waals surface area contributed by atoms with Gasteiger partial charge in [0.25, 0.3) is 5.91 Å². The molecule has 0 aliphatic rings. The minimum Gasteiger partial charge on any atom is -0.451 e. The van der Waals surface area contributed by atoms with Crippen LogP contribution in [0.25, 0.3) is 0 Å². The summed E-state index contributed by atoms with van der Waals surface area (Å²) in [6, 6.07) is 22.6. The highest BCUT2D eigenvalue weighted by Gasteiger charge is 2.19. The van der Waals surface area contributed by atoms with Crippen LogP contribution < -0.4 is 5.32 Å². The van der Waals surface area contributed by atoms with Crippen LogP contribution in [0.15, 0.2) is 78.2 Å². The highest BCUT2D eigenvalue weighted by atomic mass is 32.1. The van der Waals surface area contributed by atoms with Gasteiger partial charge in [0.2, 0.25) is 0 Å². The van der Waals surface area contributed by atoms with Crippen molar-refractivity contribution in [1.29, 1.82) is 0 Å². The number of carbonyl (C=O) groups excluding carboxylic acids is 2. The molecule has 1 heterocycles. The summed E-state index contributed by atoms with van der Waals surface area (Å²) in [7, 11) is 0. The molecule has 0 atom stereocenters. The van der Waals surface area contributed by atoms with Crippen LogP contribution in [0.1, 0.15) is 26.9 Å². The predicted molar refractivity (Wildman–Crippen MR) is 97.5 cm³/mol. The fourth-order valence-corrected chi connectivity index (χ4v) is 3.04. The first-order chi connectivity index (χ1) is 12.2. The monoisotopic (exact) mass is 351 g/mol. The van der Waals surface area contributed by atoms with Crippen LogP contribution in [0.4, 0.5) is 0 Å². The lowest BCUT2D eigenvalue weighted by atomic mass is 10.0. The van der Waals surface area contributed by atoms with Crippen molar-refractivity contribution in [3.8, 4) is 0 Å². The largest absolute Gasteiger partial charge is 0.451 e. The minimum atomic E-state index is -0.506. The summed E-state index contributed by atoms with van der Waals surface area (Å²) in [4.78, 5) is 24.7. The number of benzene rings is 2. The fraction of sp³-hybridized carbons (Fsp3) is 0.100. The normalized spacial score (nSPS) is 10.4. The summed E-state index contributed by atoms with van der Waals surface area (Å²) < 4.78 is 5.64. The number of esters is 1. The molecule has 5 heteroatoms. The molecular weight excluding hydrogens is 334 g/mol. The van der Waals surface area contributed by atoms with Gasteiger partial charge >= 0.3 is 5.97 Å². The Labute approximate surface area is 150 Å². The minimum absolute atomic E-state index is 0.174. The summed E-state index contributed by atoms with van der Waals surface area (Å²) in [6.45, 7) is -0.174. The van der Waals surface area contributed by atoms with Gasteiger partial charge in [-0.2, -0.15) is 0 Å². The summed E-state index contributed by atoms with van der Waals surface area (Å²) in [5.74, 6) is -0.759. The van der Waals surface area contributed by atoms with E-state index in [9.17, 15) is 9.59 Å². The first-order valence-electron chi connectivity index (χ1n) is 7.85. The molecule has 1 amide bonds. The average Bonchev–Trinajstić information content (AvgIpc) is 3.20. The van der Waals surface area contributed by atoms with Gasteiger partial charge in [-0.1, -0.05) is 66.7 Å². The summed E-state index contributed by atoms with van der Waals surface area (Å²) >= 11 is 1.33. The number of amides is 1. The van der Waals surface area contributed by atoms with Gasteiger partial charge in [0.1, 0.15) is 6.54 Å². The predicted octanol–water partition coefficient (Wildman–Crippen LogP) is 3.81. The van der Waals surface area contributed by atoms with Crippen LogP contribution in [0.5, 0.6) is 0 Å². The van der Waals surface area contributed by atoms with Gasteiger partial charge in [0.05, 0.1) is 4.88 Å². The molecule has 0 fully saturated rings. The quantitative estimate of drug-likeness (QED) is 0.687. The fourth-order valence-electron chi connectivity index (χ4n) is 2.40. The van der Waals surface area contributed by atoms with Gasteiger partial charge in [0.15, 0.2) is 6.10 Å². The van der Waals surface area contributed by atoms with Gasteiger partial charge in [-0.25, -0.2) is 0 Å². The maximum absolute atomic E-state index is 12.2. The van der Waals surface area contributed by atoms with Crippen molar-refractivity contribution < 1.29 is 14.3 Å². The number of hydrogen-bond acceptors (Lipinski definition) is 4. The van der Waals surface area contributed by atoms with E-state index in [0.717, 1.165) is 11.1 Å². The molecule has 0 radical (unpaired) electrons. The molecule has 0 unspecified atom stereocenters. The summed E-state index contributed by atoms with van der Waals surface area (Å²) in [5.41, 5.74) is 1.76. The Kier molecular flexibility index (Phi) is 5.59. The van der Waals surface area contributed by atoms with Gasteiger partial charge < -0.3 is 10.1 Å². The number of carbonyl (C=O) groups is 2. The molecule has 0 saturated heterocycles. The standard InChI is InChI=1S/C20H17NO3S/c22-18(14-21-20(23)17-12-7-13-25-17)24-19(15-8-3-1-4-9-15)16-10-5-2-6-11-16/h1-13,19H,14H2,(H,21,23). The van der Waals surface area contributed by atoms with E-state index in [4.69, 9.17) is 4.74 Å². The first-order valence-corrected chi connectivity index (χ1v) is 8.73. The molecule has 1 N–H and O–H groups in total. The second-order valence-electron chi connectivity index (χ2n) is 5.35. The van der Waals surface area contributed by atoms with E-state index in [2.05, 4.69) is 5.32 Å². The van der Waals surface area contributed by atoms with Crippen molar-refractivity contribution in [2.24, 2.45) is 0 Å². The molecule has 3 rings (SSSR count). The Bertz CT molecular complexity index is 777. The second kappa shape index (κ2) is 8.26. The number of nitrogens with one attached hydrogen (secondary N) is 1.